The van der Waals surface area contributed by atoms with E-state index in [1.807, 2.05) is 0 Å². The number of hydrogen-bond donors (Lipinski definition) is 1. The maximum atomic E-state index is 6.15. The number of likely N-dealkylation sites (N-methyl/N-ethyl adjacent to an activating group) is 1. The van der Waals surface area contributed by atoms with Crippen molar-refractivity contribution in [2.45, 2.75) is 57.9 Å². The second-order valence-electron chi connectivity index (χ2n) is 6.65. The minimum absolute atomic E-state index is 0.321. The zero-order valence-corrected chi connectivity index (χ0v) is 11.9. The van der Waals surface area contributed by atoms with Crippen molar-refractivity contribution >= 4 is 0 Å². The fourth-order valence-electron chi connectivity index (χ4n) is 3.70. The van der Waals surface area contributed by atoms with Gasteiger partial charge in [0.05, 0.1) is 0 Å². The Morgan fingerprint density at radius 1 is 1.41 bits per heavy atom. The Hall–Kier alpha value is -0.0800. The van der Waals surface area contributed by atoms with Crippen LogP contribution in [-0.4, -0.2) is 30.6 Å². The highest BCUT2D eigenvalue weighted by molar-refractivity contribution is 4.97. The molecule has 0 radical (unpaired) electrons. The average Bonchev–Trinajstić information content (AvgIpc) is 3.04. The minimum Gasteiger partial charge on any atom is -0.329 e. The van der Waals surface area contributed by atoms with E-state index in [-0.39, 0.29) is 0 Å². The van der Waals surface area contributed by atoms with Gasteiger partial charge in [0.1, 0.15) is 0 Å². The molecule has 2 aliphatic carbocycles. The molecule has 0 spiro atoms. The van der Waals surface area contributed by atoms with Crippen molar-refractivity contribution in [3.8, 4) is 0 Å². The van der Waals surface area contributed by atoms with Crippen LogP contribution >= 0.6 is 0 Å². The summed E-state index contributed by atoms with van der Waals surface area (Å²) in [6, 6.07) is 0. The molecule has 0 amide bonds. The molecule has 0 aliphatic heterocycles. The maximum Gasteiger partial charge on any atom is 0.0331 e. The lowest BCUT2D eigenvalue weighted by atomic mass is 9.73. The third-order valence-corrected chi connectivity index (χ3v) is 5.47. The van der Waals surface area contributed by atoms with Gasteiger partial charge in [-0.2, -0.15) is 0 Å². The molecule has 17 heavy (non-hydrogen) atoms. The van der Waals surface area contributed by atoms with Gasteiger partial charge >= 0.3 is 0 Å². The van der Waals surface area contributed by atoms with Crippen molar-refractivity contribution in [1.82, 2.24) is 4.90 Å². The highest BCUT2D eigenvalue weighted by atomic mass is 15.2. The fourth-order valence-corrected chi connectivity index (χ4v) is 3.70. The van der Waals surface area contributed by atoms with Gasteiger partial charge in [0.2, 0.25) is 0 Å². The number of rotatable bonds is 5. The first-order chi connectivity index (χ1) is 8.11. The van der Waals surface area contributed by atoms with Gasteiger partial charge in [-0.25, -0.2) is 0 Å². The van der Waals surface area contributed by atoms with E-state index in [0.717, 1.165) is 24.3 Å². The summed E-state index contributed by atoms with van der Waals surface area (Å²) >= 11 is 0. The number of nitrogens with two attached hydrogens (primary N) is 1. The summed E-state index contributed by atoms with van der Waals surface area (Å²) in [5, 5.41) is 0. The van der Waals surface area contributed by atoms with Crippen molar-refractivity contribution in [1.29, 1.82) is 0 Å². The van der Waals surface area contributed by atoms with E-state index < -0.39 is 0 Å². The summed E-state index contributed by atoms with van der Waals surface area (Å²) in [4.78, 5) is 2.61. The van der Waals surface area contributed by atoms with E-state index in [2.05, 4.69) is 25.8 Å². The molecule has 2 rings (SSSR count). The van der Waals surface area contributed by atoms with Crippen LogP contribution in [0.2, 0.25) is 0 Å². The second-order valence-corrected chi connectivity index (χ2v) is 6.65. The van der Waals surface area contributed by atoms with Gasteiger partial charge in [0.25, 0.3) is 0 Å². The Kier molecular flexibility index (Phi) is 4.14. The molecule has 100 valence electrons. The van der Waals surface area contributed by atoms with Crippen LogP contribution < -0.4 is 5.73 Å². The molecule has 0 aromatic heterocycles. The molecule has 2 nitrogen and oxygen atoms in total. The molecule has 4 atom stereocenters. The van der Waals surface area contributed by atoms with Gasteiger partial charge in [-0.05, 0) is 44.1 Å². The van der Waals surface area contributed by atoms with Gasteiger partial charge in [-0.15, -0.1) is 0 Å². The Bertz CT molecular complexity index is 253. The summed E-state index contributed by atoms with van der Waals surface area (Å²) in [5.74, 6) is 2.81. The lowest BCUT2D eigenvalue weighted by molar-refractivity contribution is 0.0519. The number of hydrogen-bond acceptors (Lipinski definition) is 2. The number of nitrogens with zero attached hydrogens (tertiary/aromatic N) is 1. The van der Waals surface area contributed by atoms with Gasteiger partial charge in [0, 0.05) is 18.6 Å². The van der Waals surface area contributed by atoms with Gasteiger partial charge in [-0.3, -0.25) is 4.90 Å². The van der Waals surface area contributed by atoms with Crippen LogP contribution in [0.15, 0.2) is 0 Å². The van der Waals surface area contributed by atoms with Crippen molar-refractivity contribution in [3.63, 3.8) is 0 Å². The highest BCUT2D eigenvalue weighted by Gasteiger charge is 2.41. The molecule has 2 saturated carbocycles. The van der Waals surface area contributed by atoms with E-state index >= 15 is 0 Å². The third-order valence-electron chi connectivity index (χ3n) is 5.47. The topological polar surface area (TPSA) is 29.3 Å². The summed E-state index contributed by atoms with van der Waals surface area (Å²) < 4.78 is 0. The van der Waals surface area contributed by atoms with Crippen LogP contribution in [0.4, 0.5) is 0 Å². The highest BCUT2D eigenvalue weighted by Crippen LogP contribution is 2.42. The van der Waals surface area contributed by atoms with Crippen LogP contribution in [-0.2, 0) is 0 Å². The van der Waals surface area contributed by atoms with Gasteiger partial charge in [0.15, 0.2) is 0 Å². The molecule has 2 fully saturated rings. The molecule has 0 heterocycles. The van der Waals surface area contributed by atoms with Gasteiger partial charge in [-0.1, -0.05) is 33.1 Å². The standard InChI is InChI=1S/C15H30N2/c1-4-13-6-5-7-15(9-13,11-16)17(3)10-14-8-12(14)2/h12-14H,4-11,16H2,1-3H3. The average molecular weight is 238 g/mol. The second kappa shape index (κ2) is 5.27. The van der Waals surface area contributed by atoms with E-state index in [1.54, 1.807) is 0 Å². The molecule has 0 bridgehead atoms. The molecule has 0 aromatic rings. The van der Waals surface area contributed by atoms with E-state index in [1.165, 1.54) is 45.1 Å². The van der Waals surface area contributed by atoms with Crippen LogP contribution in [0, 0.1) is 17.8 Å². The van der Waals surface area contributed by atoms with Crippen LogP contribution in [0.1, 0.15) is 52.4 Å². The summed E-state index contributed by atoms with van der Waals surface area (Å²) in [5.41, 5.74) is 6.47. The molecule has 0 aromatic carbocycles. The predicted octanol–water partition coefficient (Wildman–Crippen LogP) is 2.87. The van der Waals surface area contributed by atoms with Crippen molar-refractivity contribution in [2.75, 3.05) is 20.1 Å². The van der Waals surface area contributed by atoms with Crippen LogP contribution in [0.25, 0.3) is 0 Å². The maximum absolute atomic E-state index is 6.15. The van der Waals surface area contributed by atoms with Crippen molar-refractivity contribution in [3.05, 3.63) is 0 Å². The Morgan fingerprint density at radius 2 is 2.12 bits per heavy atom. The first-order valence-corrected chi connectivity index (χ1v) is 7.52. The molecular formula is C15H30N2. The van der Waals surface area contributed by atoms with Crippen LogP contribution in [0.3, 0.4) is 0 Å². The monoisotopic (exact) mass is 238 g/mol. The lowest BCUT2D eigenvalue weighted by Gasteiger charge is -2.47. The Balaban J connectivity index is 1.96. The fraction of sp³-hybridized carbons (Fsp3) is 1.00. The van der Waals surface area contributed by atoms with E-state index in [0.29, 0.717) is 5.54 Å². The minimum atomic E-state index is 0.321. The third kappa shape index (κ3) is 2.85. The molecule has 2 aliphatic rings. The molecule has 4 unspecified atom stereocenters. The SMILES string of the molecule is CCC1CCCC(CN)(N(C)CC2CC2C)C1. The van der Waals surface area contributed by atoms with E-state index in [4.69, 9.17) is 5.73 Å². The molecule has 0 saturated heterocycles. The summed E-state index contributed by atoms with van der Waals surface area (Å²) in [7, 11) is 2.32. The summed E-state index contributed by atoms with van der Waals surface area (Å²) in [6.45, 7) is 6.83. The smallest absolute Gasteiger partial charge is 0.0331 e. The Labute approximate surface area is 107 Å². The normalized spacial score (nSPS) is 41.8. The first-order valence-electron chi connectivity index (χ1n) is 7.52. The zero-order valence-electron chi connectivity index (χ0n) is 11.9. The molecule has 2 heteroatoms. The largest absolute Gasteiger partial charge is 0.329 e. The van der Waals surface area contributed by atoms with E-state index in [9.17, 15) is 0 Å². The molecular weight excluding hydrogens is 208 g/mol. The Morgan fingerprint density at radius 3 is 2.65 bits per heavy atom. The zero-order chi connectivity index (χ0) is 12.5. The quantitative estimate of drug-likeness (QED) is 0.798. The van der Waals surface area contributed by atoms with Crippen molar-refractivity contribution < 1.29 is 0 Å². The van der Waals surface area contributed by atoms with Crippen LogP contribution in [0.5, 0.6) is 0 Å². The predicted molar refractivity (Wildman–Crippen MR) is 73.9 cm³/mol. The molecule has 2 N–H and O–H groups in total. The first kappa shape index (κ1) is 13.4. The van der Waals surface area contributed by atoms with Crippen molar-refractivity contribution in [2.24, 2.45) is 23.5 Å². The van der Waals surface area contributed by atoms with Gasteiger partial charge < -0.3 is 5.73 Å². The lowest BCUT2D eigenvalue weighted by Crippen LogP contribution is -2.55. The summed E-state index contributed by atoms with van der Waals surface area (Å²) in [6.07, 6.45) is 8.21.